The molecule has 0 radical (unpaired) electrons. The summed E-state index contributed by atoms with van der Waals surface area (Å²) in [5, 5.41) is 5.49. The Bertz CT molecular complexity index is 734. The quantitative estimate of drug-likeness (QED) is 0.883. The van der Waals surface area contributed by atoms with Crippen LogP contribution in [-0.4, -0.2) is 54.5 Å². The molecule has 2 amide bonds. The van der Waals surface area contributed by atoms with Gasteiger partial charge >= 0.3 is 0 Å². The van der Waals surface area contributed by atoms with Crippen LogP contribution in [0.25, 0.3) is 0 Å². The van der Waals surface area contributed by atoms with E-state index in [0.717, 1.165) is 6.54 Å². The van der Waals surface area contributed by atoms with Gasteiger partial charge in [-0.25, -0.2) is 4.98 Å². The molecule has 0 saturated carbocycles. The lowest BCUT2D eigenvalue weighted by molar-refractivity contribution is -0.132. The largest absolute Gasteiger partial charge is 0.366 e. The molecule has 0 spiro atoms. The van der Waals surface area contributed by atoms with Crippen LogP contribution >= 0.6 is 0 Å². The number of nitrogens with zero attached hydrogens (tertiary/aromatic N) is 2. The molecular formula is C18H20N4O3. The molecule has 7 nitrogen and oxygen atoms in total. The Labute approximate surface area is 146 Å². The van der Waals surface area contributed by atoms with Gasteiger partial charge in [-0.2, -0.15) is 0 Å². The number of aromatic nitrogens is 1. The van der Waals surface area contributed by atoms with E-state index in [0.29, 0.717) is 30.2 Å². The van der Waals surface area contributed by atoms with Gasteiger partial charge in [0.15, 0.2) is 0 Å². The van der Waals surface area contributed by atoms with Gasteiger partial charge in [-0.05, 0) is 31.3 Å². The second-order valence-corrected chi connectivity index (χ2v) is 5.86. The highest BCUT2D eigenvalue weighted by Gasteiger charge is 2.24. The zero-order chi connectivity index (χ0) is 17.6. The third-order valence-corrected chi connectivity index (χ3v) is 3.87. The van der Waals surface area contributed by atoms with Crippen LogP contribution in [0, 0.1) is 0 Å². The van der Waals surface area contributed by atoms with Gasteiger partial charge in [0.1, 0.15) is 11.9 Å². The summed E-state index contributed by atoms with van der Waals surface area (Å²) < 4.78 is 5.48. The van der Waals surface area contributed by atoms with Gasteiger partial charge in [0.05, 0.1) is 18.5 Å². The summed E-state index contributed by atoms with van der Waals surface area (Å²) in [6.45, 7) is 1.92. The average Bonchev–Trinajstić information content (AvgIpc) is 2.64. The van der Waals surface area contributed by atoms with E-state index in [1.54, 1.807) is 36.4 Å². The Morgan fingerprint density at radius 2 is 1.96 bits per heavy atom. The lowest BCUT2D eigenvalue weighted by Crippen LogP contribution is -2.46. The average molecular weight is 340 g/mol. The molecule has 1 atom stereocenters. The first-order chi connectivity index (χ1) is 12.1. The Kier molecular flexibility index (Phi) is 5.37. The van der Waals surface area contributed by atoms with Crippen LogP contribution < -0.4 is 10.6 Å². The molecular weight excluding hydrogens is 320 g/mol. The first-order valence-corrected chi connectivity index (χ1v) is 8.05. The minimum Gasteiger partial charge on any atom is -0.366 e. The Hall–Kier alpha value is -2.77. The third kappa shape index (κ3) is 4.62. The van der Waals surface area contributed by atoms with Crippen LogP contribution in [0.3, 0.4) is 0 Å². The number of amides is 2. The highest BCUT2D eigenvalue weighted by molar-refractivity contribution is 6.03. The fraction of sp³-hybridized carbons (Fsp3) is 0.278. The monoisotopic (exact) mass is 340 g/mol. The molecule has 0 aliphatic carbocycles. The number of carbonyl (C=O) groups is 2. The van der Waals surface area contributed by atoms with Crippen LogP contribution in [0.15, 0.2) is 48.7 Å². The van der Waals surface area contributed by atoms with E-state index in [-0.39, 0.29) is 11.8 Å². The number of benzene rings is 1. The predicted molar refractivity (Wildman–Crippen MR) is 94.5 cm³/mol. The van der Waals surface area contributed by atoms with E-state index in [9.17, 15) is 9.59 Å². The van der Waals surface area contributed by atoms with Gasteiger partial charge in [0, 0.05) is 18.7 Å². The van der Waals surface area contributed by atoms with E-state index >= 15 is 0 Å². The molecule has 2 aromatic rings. The minimum atomic E-state index is -0.490. The van der Waals surface area contributed by atoms with Gasteiger partial charge < -0.3 is 20.3 Å². The fourth-order valence-electron chi connectivity index (χ4n) is 2.48. The standard InChI is InChI=1S/C18H20N4O3/c1-22-9-10-25-15(12-22)18(24)20-14-7-8-16(19-11-14)21-17(23)13-5-3-2-4-6-13/h2-8,11,15H,9-10,12H2,1H3,(H,20,24)(H,19,21,23)/t15-/m0/s1. The van der Waals surface area contributed by atoms with Crippen molar-refractivity contribution in [3.8, 4) is 0 Å². The smallest absolute Gasteiger partial charge is 0.256 e. The first kappa shape index (κ1) is 17.1. The molecule has 0 unspecified atom stereocenters. The van der Waals surface area contributed by atoms with Gasteiger partial charge in [0.25, 0.3) is 11.8 Å². The van der Waals surface area contributed by atoms with Crippen molar-refractivity contribution in [2.24, 2.45) is 0 Å². The molecule has 1 saturated heterocycles. The number of pyridine rings is 1. The van der Waals surface area contributed by atoms with Gasteiger partial charge in [-0.15, -0.1) is 0 Å². The molecule has 2 heterocycles. The number of carbonyl (C=O) groups excluding carboxylic acids is 2. The minimum absolute atomic E-state index is 0.200. The Balaban J connectivity index is 1.57. The van der Waals surface area contributed by atoms with Crippen LogP contribution in [0.2, 0.25) is 0 Å². The highest BCUT2D eigenvalue weighted by atomic mass is 16.5. The van der Waals surface area contributed by atoms with Crippen molar-refractivity contribution in [3.63, 3.8) is 0 Å². The molecule has 0 bridgehead atoms. The number of hydrogen-bond acceptors (Lipinski definition) is 5. The molecule has 1 aromatic carbocycles. The van der Waals surface area contributed by atoms with Gasteiger partial charge in [-0.1, -0.05) is 18.2 Å². The Morgan fingerprint density at radius 1 is 1.16 bits per heavy atom. The van der Waals surface area contributed by atoms with Crippen molar-refractivity contribution in [2.75, 3.05) is 37.4 Å². The van der Waals surface area contributed by atoms with E-state index in [4.69, 9.17) is 4.74 Å². The molecule has 2 N–H and O–H groups in total. The topological polar surface area (TPSA) is 83.6 Å². The lowest BCUT2D eigenvalue weighted by atomic mass is 10.2. The van der Waals surface area contributed by atoms with Crippen LogP contribution in [0.1, 0.15) is 10.4 Å². The molecule has 7 heteroatoms. The number of likely N-dealkylation sites (N-methyl/N-ethyl adjacent to an activating group) is 1. The number of hydrogen-bond donors (Lipinski definition) is 2. The lowest BCUT2D eigenvalue weighted by Gasteiger charge is -2.29. The highest BCUT2D eigenvalue weighted by Crippen LogP contribution is 2.13. The normalized spacial score (nSPS) is 17.7. The second kappa shape index (κ2) is 7.87. The summed E-state index contributed by atoms with van der Waals surface area (Å²) in [6, 6.07) is 12.2. The number of anilines is 2. The molecule has 1 aromatic heterocycles. The van der Waals surface area contributed by atoms with Crippen LogP contribution in [0.5, 0.6) is 0 Å². The maximum atomic E-state index is 12.2. The van der Waals surface area contributed by atoms with E-state index in [1.807, 2.05) is 18.0 Å². The predicted octanol–water partition coefficient (Wildman–Crippen LogP) is 1.60. The SMILES string of the molecule is CN1CCO[C@H](C(=O)Nc2ccc(NC(=O)c3ccccc3)nc2)C1. The van der Waals surface area contributed by atoms with Crippen molar-refractivity contribution in [2.45, 2.75) is 6.10 Å². The summed E-state index contributed by atoms with van der Waals surface area (Å²) in [4.78, 5) is 30.5. The van der Waals surface area contributed by atoms with Crippen molar-refractivity contribution in [1.82, 2.24) is 9.88 Å². The number of nitrogens with one attached hydrogen (secondary N) is 2. The number of rotatable bonds is 4. The molecule has 25 heavy (non-hydrogen) atoms. The molecule has 1 fully saturated rings. The van der Waals surface area contributed by atoms with Crippen molar-refractivity contribution >= 4 is 23.3 Å². The van der Waals surface area contributed by atoms with E-state index in [2.05, 4.69) is 15.6 Å². The zero-order valence-electron chi connectivity index (χ0n) is 13.9. The molecule has 1 aliphatic rings. The van der Waals surface area contributed by atoms with Crippen molar-refractivity contribution in [1.29, 1.82) is 0 Å². The summed E-state index contributed by atoms with van der Waals surface area (Å²) >= 11 is 0. The molecule has 1 aliphatic heterocycles. The molecule has 3 rings (SSSR count). The van der Waals surface area contributed by atoms with E-state index in [1.165, 1.54) is 6.20 Å². The summed E-state index contributed by atoms with van der Waals surface area (Å²) in [6.07, 6.45) is 1.02. The number of morpholine rings is 1. The number of ether oxygens (including phenoxy) is 1. The fourth-order valence-corrected chi connectivity index (χ4v) is 2.48. The Morgan fingerprint density at radius 3 is 2.64 bits per heavy atom. The summed E-state index contributed by atoms with van der Waals surface area (Å²) in [7, 11) is 1.95. The van der Waals surface area contributed by atoms with Gasteiger partial charge in [0.2, 0.25) is 0 Å². The third-order valence-electron chi connectivity index (χ3n) is 3.87. The second-order valence-electron chi connectivity index (χ2n) is 5.86. The van der Waals surface area contributed by atoms with E-state index < -0.39 is 6.10 Å². The first-order valence-electron chi connectivity index (χ1n) is 8.05. The zero-order valence-corrected chi connectivity index (χ0v) is 13.9. The maximum absolute atomic E-state index is 12.2. The van der Waals surface area contributed by atoms with Crippen LogP contribution in [0.4, 0.5) is 11.5 Å². The summed E-state index contributed by atoms with van der Waals surface area (Å²) in [5.41, 5.74) is 1.11. The van der Waals surface area contributed by atoms with Crippen molar-refractivity contribution in [3.05, 3.63) is 54.2 Å². The summed E-state index contributed by atoms with van der Waals surface area (Å²) in [5.74, 6) is -0.0153. The van der Waals surface area contributed by atoms with Crippen LogP contribution in [-0.2, 0) is 9.53 Å². The molecule has 130 valence electrons. The van der Waals surface area contributed by atoms with Gasteiger partial charge in [-0.3, -0.25) is 9.59 Å². The maximum Gasteiger partial charge on any atom is 0.256 e. The van der Waals surface area contributed by atoms with Crippen molar-refractivity contribution < 1.29 is 14.3 Å².